The third-order valence-electron chi connectivity index (χ3n) is 9.18. The molecule has 5 nitrogen and oxygen atoms in total. The number of hydrogen-bond donors (Lipinski definition) is 2. The number of methoxy groups -OCH3 is 1. The summed E-state index contributed by atoms with van der Waals surface area (Å²) >= 11 is 0. The van der Waals surface area contributed by atoms with Crippen molar-refractivity contribution in [3.63, 3.8) is 0 Å². The number of phenols is 1. The lowest BCUT2D eigenvalue weighted by atomic mass is 9.55. The molecule has 0 aliphatic heterocycles. The van der Waals surface area contributed by atoms with Crippen LogP contribution in [0.5, 0.6) is 11.5 Å². The van der Waals surface area contributed by atoms with Crippen LogP contribution in [0.4, 0.5) is 0 Å². The minimum absolute atomic E-state index is 0.0698. The Kier molecular flexibility index (Phi) is 7.89. The quantitative estimate of drug-likeness (QED) is 0.562. The van der Waals surface area contributed by atoms with E-state index in [0.717, 1.165) is 44.9 Å². The Bertz CT molecular complexity index is 890. The van der Waals surface area contributed by atoms with E-state index in [9.17, 15) is 14.7 Å². The average molecular weight is 470 g/mol. The Hall–Kier alpha value is -2.04. The first-order valence-corrected chi connectivity index (χ1v) is 13.6. The summed E-state index contributed by atoms with van der Waals surface area (Å²) in [5, 5.41) is 13.1. The van der Waals surface area contributed by atoms with E-state index in [1.165, 1.54) is 43.2 Å². The SMILES string of the molecule is CCCC(=O)NC1CCCCC1.COc1cc2c(cc1O)CC[C@@H]1C2CC[C@]2(C)C(=O)CCC12. The van der Waals surface area contributed by atoms with Gasteiger partial charge in [0.2, 0.25) is 5.91 Å². The molecule has 188 valence electrons. The second-order valence-electron chi connectivity index (χ2n) is 11.2. The van der Waals surface area contributed by atoms with Crippen LogP contribution in [0, 0.1) is 17.3 Å². The van der Waals surface area contributed by atoms with E-state index in [1.54, 1.807) is 7.11 Å². The summed E-state index contributed by atoms with van der Waals surface area (Å²) in [7, 11) is 1.61. The Morgan fingerprint density at radius 2 is 1.88 bits per heavy atom. The average Bonchev–Trinajstić information content (AvgIpc) is 3.14. The maximum Gasteiger partial charge on any atom is 0.220 e. The van der Waals surface area contributed by atoms with Gasteiger partial charge in [-0.25, -0.2) is 0 Å². The van der Waals surface area contributed by atoms with Crippen molar-refractivity contribution in [1.29, 1.82) is 0 Å². The van der Waals surface area contributed by atoms with Gasteiger partial charge in [0.25, 0.3) is 0 Å². The highest BCUT2D eigenvalue weighted by Gasteiger charge is 2.54. The lowest BCUT2D eigenvalue weighted by Gasteiger charge is -2.48. The minimum atomic E-state index is -0.0698. The number of carbonyl (C=O) groups excluding carboxylic acids is 2. The van der Waals surface area contributed by atoms with Crippen molar-refractivity contribution in [2.75, 3.05) is 7.11 Å². The predicted molar refractivity (Wildman–Crippen MR) is 134 cm³/mol. The summed E-state index contributed by atoms with van der Waals surface area (Å²) in [5.74, 6) is 3.25. The Morgan fingerprint density at radius 1 is 1.12 bits per heavy atom. The number of Topliss-reactive ketones (excluding diaryl/α,β-unsaturated/α-hetero) is 1. The molecule has 3 fully saturated rings. The van der Waals surface area contributed by atoms with Crippen molar-refractivity contribution < 1.29 is 19.4 Å². The van der Waals surface area contributed by atoms with Crippen LogP contribution in [0.1, 0.15) is 108 Å². The fourth-order valence-corrected chi connectivity index (χ4v) is 7.30. The molecule has 4 aliphatic rings. The van der Waals surface area contributed by atoms with Gasteiger partial charge in [0, 0.05) is 24.3 Å². The summed E-state index contributed by atoms with van der Waals surface area (Å²) in [6.07, 6.45) is 14.1. The normalized spacial score (nSPS) is 30.3. The van der Waals surface area contributed by atoms with Gasteiger partial charge in [-0.1, -0.05) is 33.1 Å². The molecule has 1 aromatic rings. The maximum atomic E-state index is 12.3. The maximum absolute atomic E-state index is 12.3. The molecular formula is C29H43NO4. The zero-order valence-electron chi connectivity index (χ0n) is 21.3. The lowest BCUT2D eigenvalue weighted by Crippen LogP contribution is -2.42. The number of phenolic OH excluding ortho intramolecular Hbond substituents is 1. The molecule has 2 unspecified atom stereocenters. The van der Waals surface area contributed by atoms with Gasteiger partial charge in [0.15, 0.2) is 11.5 Å². The monoisotopic (exact) mass is 469 g/mol. The van der Waals surface area contributed by atoms with Crippen molar-refractivity contribution in [2.24, 2.45) is 17.3 Å². The fraction of sp³-hybridized carbons (Fsp3) is 0.724. The Balaban J connectivity index is 0.000000195. The first-order valence-electron chi connectivity index (χ1n) is 13.6. The number of carbonyl (C=O) groups is 2. The standard InChI is InChI=1S/C19H24O3.C10H19NO/c1-19-8-7-12-13(15(19)5-6-18(19)21)4-3-11-9-16(20)17(22-2)10-14(11)12;1-2-6-10(12)11-9-7-4-3-5-8-9/h9-10,12-13,15,20H,3-8H2,1-2H3;9H,2-8H2,1H3,(H,11,12)/t12?,13-,15?,19+;/m1./s1. The molecular weight excluding hydrogens is 426 g/mol. The molecule has 3 saturated carbocycles. The number of benzene rings is 1. The molecule has 0 spiro atoms. The van der Waals surface area contributed by atoms with E-state index < -0.39 is 0 Å². The van der Waals surface area contributed by atoms with Gasteiger partial charge < -0.3 is 15.2 Å². The van der Waals surface area contributed by atoms with E-state index in [0.29, 0.717) is 41.7 Å². The lowest BCUT2D eigenvalue weighted by molar-refractivity contribution is -0.129. The van der Waals surface area contributed by atoms with Gasteiger partial charge in [-0.2, -0.15) is 0 Å². The summed E-state index contributed by atoms with van der Waals surface area (Å²) in [4.78, 5) is 23.5. The van der Waals surface area contributed by atoms with Crippen molar-refractivity contribution in [2.45, 2.75) is 109 Å². The molecule has 1 aromatic carbocycles. The zero-order valence-corrected chi connectivity index (χ0v) is 21.3. The van der Waals surface area contributed by atoms with Gasteiger partial charge in [-0.3, -0.25) is 9.59 Å². The third-order valence-corrected chi connectivity index (χ3v) is 9.18. The van der Waals surface area contributed by atoms with Gasteiger partial charge >= 0.3 is 0 Å². The van der Waals surface area contributed by atoms with Crippen LogP contribution in [-0.2, 0) is 16.0 Å². The molecule has 2 N–H and O–H groups in total. The van der Waals surface area contributed by atoms with Crippen molar-refractivity contribution in [1.82, 2.24) is 5.32 Å². The highest BCUT2D eigenvalue weighted by atomic mass is 16.5. The second kappa shape index (κ2) is 10.7. The number of aromatic hydroxyl groups is 1. The summed E-state index contributed by atoms with van der Waals surface area (Å²) in [6, 6.07) is 4.41. The summed E-state index contributed by atoms with van der Waals surface area (Å²) in [6.45, 7) is 4.25. The molecule has 0 aromatic heterocycles. The van der Waals surface area contributed by atoms with Gasteiger partial charge in [0.05, 0.1) is 7.11 Å². The van der Waals surface area contributed by atoms with Crippen LogP contribution in [-0.4, -0.2) is 29.9 Å². The number of ketones is 1. The Morgan fingerprint density at radius 3 is 2.59 bits per heavy atom. The van der Waals surface area contributed by atoms with Crippen LogP contribution in [0.25, 0.3) is 0 Å². The van der Waals surface area contributed by atoms with Crippen LogP contribution in [0.3, 0.4) is 0 Å². The molecule has 1 amide bonds. The third kappa shape index (κ3) is 4.99. The highest BCUT2D eigenvalue weighted by molar-refractivity contribution is 5.87. The van der Waals surface area contributed by atoms with Crippen molar-refractivity contribution >= 4 is 11.7 Å². The molecule has 0 bridgehead atoms. The second-order valence-corrected chi connectivity index (χ2v) is 11.2. The summed E-state index contributed by atoms with van der Waals surface area (Å²) < 4.78 is 5.31. The van der Waals surface area contributed by atoms with Gasteiger partial charge in [-0.15, -0.1) is 0 Å². The number of hydrogen-bond acceptors (Lipinski definition) is 4. The van der Waals surface area contributed by atoms with E-state index in [-0.39, 0.29) is 17.1 Å². The largest absolute Gasteiger partial charge is 0.504 e. The van der Waals surface area contributed by atoms with Crippen molar-refractivity contribution in [3.8, 4) is 11.5 Å². The van der Waals surface area contributed by atoms with Gasteiger partial charge in [0.1, 0.15) is 5.78 Å². The van der Waals surface area contributed by atoms with E-state index in [2.05, 4.69) is 12.2 Å². The first-order chi connectivity index (χ1) is 16.4. The molecule has 0 radical (unpaired) electrons. The number of nitrogens with one attached hydrogen (secondary N) is 1. The van der Waals surface area contributed by atoms with E-state index in [1.807, 2.05) is 19.1 Å². The van der Waals surface area contributed by atoms with Crippen LogP contribution >= 0.6 is 0 Å². The zero-order chi connectivity index (χ0) is 24.3. The van der Waals surface area contributed by atoms with E-state index in [4.69, 9.17) is 4.74 Å². The van der Waals surface area contributed by atoms with Crippen LogP contribution < -0.4 is 10.1 Å². The fourth-order valence-electron chi connectivity index (χ4n) is 7.30. The first kappa shape index (κ1) is 25.1. The molecule has 34 heavy (non-hydrogen) atoms. The van der Waals surface area contributed by atoms with Crippen LogP contribution in [0.15, 0.2) is 12.1 Å². The van der Waals surface area contributed by atoms with Gasteiger partial charge in [-0.05, 0) is 92.4 Å². The molecule has 5 rings (SSSR count). The summed E-state index contributed by atoms with van der Waals surface area (Å²) in [5.41, 5.74) is 2.56. The topological polar surface area (TPSA) is 75.6 Å². The molecule has 0 saturated heterocycles. The molecule has 4 aliphatic carbocycles. The smallest absolute Gasteiger partial charge is 0.220 e. The number of rotatable bonds is 4. The van der Waals surface area contributed by atoms with Crippen LogP contribution in [0.2, 0.25) is 0 Å². The Labute approximate surface area is 205 Å². The molecule has 5 heteroatoms. The predicted octanol–water partition coefficient (Wildman–Crippen LogP) is 6.06. The van der Waals surface area contributed by atoms with Crippen molar-refractivity contribution in [3.05, 3.63) is 23.3 Å². The minimum Gasteiger partial charge on any atom is -0.504 e. The molecule has 4 atom stereocenters. The highest BCUT2D eigenvalue weighted by Crippen LogP contribution is 2.60. The van der Waals surface area contributed by atoms with E-state index >= 15 is 0 Å². The number of fused-ring (bicyclic) bond motifs is 5. The number of aryl methyl sites for hydroxylation is 1. The number of ether oxygens (including phenoxy) is 1. The molecule has 0 heterocycles. The number of amides is 1.